The first-order valence-corrected chi connectivity index (χ1v) is 16.2. The second kappa shape index (κ2) is 8.80. The van der Waals surface area contributed by atoms with Crippen LogP contribution in [0.25, 0.3) is 16.3 Å². The maximum absolute atomic E-state index is 12.3. The van der Waals surface area contributed by atoms with Crippen LogP contribution in [0.1, 0.15) is 17.8 Å². The number of quaternary nitrogens is 1. The van der Waals surface area contributed by atoms with E-state index in [1.54, 1.807) is 0 Å². The fraction of sp³-hybridized carbons (Fsp3) is 0.286. The molecule has 1 spiro atoms. The number of nitrogens with zero attached hydrogens (tertiary/aromatic N) is 2. The number of para-hydroxylation sites is 1. The molecular formula is C21H21IN2O6S4+2. The van der Waals surface area contributed by atoms with Crippen LogP contribution >= 0.6 is 45.7 Å². The first-order valence-electron chi connectivity index (χ1n) is 10.4. The first-order chi connectivity index (χ1) is 16.0. The molecule has 1 aromatic heterocycles. The zero-order chi connectivity index (χ0) is 24.3. The summed E-state index contributed by atoms with van der Waals surface area (Å²) in [6.45, 7) is 0.935. The van der Waals surface area contributed by atoms with E-state index in [1.807, 2.05) is 53.1 Å². The summed E-state index contributed by atoms with van der Waals surface area (Å²) in [5, 5.41) is 0.694. The van der Waals surface area contributed by atoms with Gasteiger partial charge in [-0.3, -0.25) is 9.11 Å². The Morgan fingerprint density at radius 1 is 1.15 bits per heavy atom. The van der Waals surface area contributed by atoms with Gasteiger partial charge in [-0.25, -0.2) is 4.48 Å². The smallest absolute Gasteiger partial charge is 0.286 e. The number of fused-ring (bicyclic) bond motifs is 3. The summed E-state index contributed by atoms with van der Waals surface area (Å²) in [4.78, 5) is 0.954. The van der Waals surface area contributed by atoms with Gasteiger partial charge >= 0.3 is 10.1 Å². The Bertz CT molecular complexity index is 1550. The number of hydrogen-bond donors (Lipinski definition) is 2. The number of thiazole rings is 1. The molecule has 1 saturated heterocycles. The molecule has 0 amide bonds. The van der Waals surface area contributed by atoms with Crippen LogP contribution in [0.4, 0.5) is 5.69 Å². The van der Waals surface area contributed by atoms with E-state index in [0.29, 0.717) is 19.5 Å². The molecule has 13 heteroatoms. The number of rotatable bonds is 6. The molecule has 0 saturated carbocycles. The van der Waals surface area contributed by atoms with Gasteiger partial charge in [-0.2, -0.15) is 21.4 Å². The molecule has 8 nitrogen and oxygen atoms in total. The molecule has 180 valence electrons. The SMILES string of the molecule is O=S(=O)(O)CCC[n+]1c(C=C2Sc3ccccc3[N+]23CCC3S(=O)(=O)O)sc2ccc(I)cc21. The van der Waals surface area contributed by atoms with Crippen molar-refractivity contribution in [2.75, 3.05) is 12.3 Å². The highest BCUT2D eigenvalue weighted by Crippen LogP contribution is 2.58. The van der Waals surface area contributed by atoms with Gasteiger partial charge in [0, 0.05) is 22.1 Å². The van der Waals surface area contributed by atoms with E-state index in [4.69, 9.17) is 0 Å². The molecule has 2 atom stereocenters. The summed E-state index contributed by atoms with van der Waals surface area (Å²) in [7, 11) is -8.35. The molecule has 0 bridgehead atoms. The number of aryl methyl sites for hydroxylation is 1. The van der Waals surface area contributed by atoms with E-state index in [9.17, 15) is 25.9 Å². The van der Waals surface area contributed by atoms with Crippen molar-refractivity contribution in [1.82, 2.24) is 4.48 Å². The van der Waals surface area contributed by atoms with Crippen molar-refractivity contribution in [3.63, 3.8) is 0 Å². The normalized spacial score (nSPS) is 23.5. The van der Waals surface area contributed by atoms with Gasteiger partial charge in [-0.1, -0.05) is 23.5 Å². The second-order valence-corrected chi connectivity index (χ2v) is 14.8. The maximum atomic E-state index is 12.3. The van der Waals surface area contributed by atoms with Crippen LogP contribution in [0, 0.1) is 3.57 Å². The predicted molar refractivity (Wildman–Crippen MR) is 143 cm³/mol. The van der Waals surface area contributed by atoms with Crippen LogP contribution in [0.3, 0.4) is 0 Å². The summed E-state index contributed by atoms with van der Waals surface area (Å²) in [6, 6.07) is 13.7. The van der Waals surface area contributed by atoms with Gasteiger partial charge in [0.25, 0.3) is 15.1 Å². The molecular weight excluding hydrogens is 631 g/mol. The summed E-state index contributed by atoms with van der Waals surface area (Å²) in [5.74, 6) is -0.345. The van der Waals surface area contributed by atoms with E-state index in [1.165, 1.54) is 23.1 Å². The molecule has 1 fully saturated rings. The third kappa shape index (κ3) is 4.34. The van der Waals surface area contributed by atoms with Gasteiger partial charge in [-0.05, 0) is 52.6 Å². The van der Waals surface area contributed by atoms with Crippen molar-refractivity contribution in [1.29, 1.82) is 0 Å². The Morgan fingerprint density at radius 3 is 2.59 bits per heavy atom. The topological polar surface area (TPSA) is 113 Å². The van der Waals surface area contributed by atoms with Crippen LogP contribution in [-0.2, 0) is 26.8 Å². The third-order valence-electron chi connectivity index (χ3n) is 6.19. The van der Waals surface area contributed by atoms with E-state index in [2.05, 4.69) is 22.6 Å². The second-order valence-electron chi connectivity index (χ2n) is 8.25. The van der Waals surface area contributed by atoms with Gasteiger partial charge in [0.2, 0.25) is 10.9 Å². The lowest BCUT2D eigenvalue weighted by molar-refractivity contribution is -0.668. The molecule has 5 rings (SSSR count). The van der Waals surface area contributed by atoms with E-state index in [0.717, 1.165) is 34.4 Å². The first kappa shape index (κ1) is 24.6. The highest BCUT2D eigenvalue weighted by molar-refractivity contribution is 14.1. The number of benzene rings is 2. The zero-order valence-electron chi connectivity index (χ0n) is 17.7. The van der Waals surface area contributed by atoms with Crippen LogP contribution in [-0.4, -0.2) is 43.6 Å². The number of thioether (sulfide) groups is 1. The van der Waals surface area contributed by atoms with E-state index < -0.39 is 25.6 Å². The van der Waals surface area contributed by atoms with Crippen LogP contribution < -0.4 is 9.05 Å². The van der Waals surface area contributed by atoms with Crippen molar-refractivity contribution in [2.45, 2.75) is 29.7 Å². The van der Waals surface area contributed by atoms with E-state index in [-0.39, 0.29) is 16.7 Å². The molecule has 2 aliphatic heterocycles. The highest BCUT2D eigenvalue weighted by atomic mass is 127. The van der Waals surface area contributed by atoms with Crippen LogP contribution in [0.2, 0.25) is 0 Å². The minimum absolute atomic E-state index is 0.0659. The Morgan fingerprint density at radius 2 is 1.91 bits per heavy atom. The fourth-order valence-electron chi connectivity index (χ4n) is 4.65. The quantitative estimate of drug-likeness (QED) is 0.179. The molecule has 3 heterocycles. The lowest BCUT2D eigenvalue weighted by Gasteiger charge is -2.46. The molecule has 0 aliphatic carbocycles. The summed E-state index contributed by atoms with van der Waals surface area (Å²) >= 11 is 5.26. The molecule has 2 unspecified atom stereocenters. The van der Waals surface area contributed by atoms with Gasteiger partial charge in [0.15, 0.2) is 17.3 Å². The standard InChI is InChI=1S/C21H19IN2O6S4/c22-14-6-7-17-15(12-14)23(9-3-11-33(25,26)27)19(31-17)13-20-24(10-8-21(24)34(28,29)30)16-4-1-2-5-18(16)32-20/h1-2,4-7,12-13,21H,3,8-11H2/p+2. The summed E-state index contributed by atoms with van der Waals surface area (Å²) < 4.78 is 70.4. The van der Waals surface area contributed by atoms with Crippen LogP contribution in [0.15, 0.2) is 52.4 Å². The maximum Gasteiger partial charge on any atom is 0.320 e. The fourth-order valence-corrected chi connectivity index (χ4v) is 9.41. The monoisotopic (exact) mass is 652 g/mol. The van der Waals surface area contributed by atoms with Gasteiger partial charge < -0.3 is 0 Å². The van der Waals surface area contributed by atoms with Crippen molar-refractivity contribution in [2.24, 2.45) is 0 Å². The van der Waals surface area contributed by atoms with Gasteiger partial charge in [0.1, 0.15) is 4.70 Å². The van der Waals surface area contributed by atoms with E-state index >= 15 is 0 Å². The largest absolute Gasteiger partial charge is 0.320 e. The zero-order valence-corrected chi connectivity index (χ0v) is 23.1. The van der Waals surface area contributed by atoms with Crippen molar-refractivity contribution < 1.29 is 30.5 Å². The minimum Gasteiger partial charge on any atom is -0.286 e. The Kier molecular flexibility index (Phi) is 6.37. The average molecular weight is 653 g/mol. The minimum atomic E-state index is -4.28. The highest BCUT2D eigenvalue weighted by Gasteiger charge is 2.62. The Labute approximate surface area is 219 Å². The summed E-state index contributed by atoms with van der Waals surface area (Å²) in [6.07, 6.45) is 2.56. The molecule has 2 aliphatic rings. The molecule has 2 N–H and O–H groups in total. The number of halogens is 1. The molecule has 34 heavy (non-hydrogen) atoms. The third-order valence-corrected chi connectivity index (χ3v) is 11.3. The predicted octanol–water partition coefficient (Wildman–Crippen LogP) is 4.10. The number of aromatic nitrogens is 1. The van der Waals surface area contributed by atoms with Gasteiger partial charge in [0.05, 0.1) is 29.7 Å². The Balaban J connectivity index is 1.65. The van der Waals surface area contributed by atoms with Crippen molar-refractivity contribution >= 4 is 87.9 Å². The number of hydrogen-bond acceptors (Lipinski definition) is 6. The summed E-state index contributed by atoms with van der Waals surface area (Å²) in [5.41, 5.74) is 1.81. The van der Waals surface area contributed by atoms with Crippen molar-refractivity contribution in [3.8, 4) is 0 Å². The molecule has 2 aromatic carbocycles. The molecule has 0 radical (unpaired) electrons. The van der Waals surface area contributed by atoms with Crippen molar-refractivity contribution in [3.05, 3.63) is 56.1 Å². The lowest BCUT2D eigenvalue weighted by Crippen LogP contribution is -2.66. The molecule has 3 aromatic rings. The average Bonchev–Trinajstić information content (AvgIpc) is 3.21. The lowest BCUT2D eigenvalue weighted by atomic mass is 10.1. The van der Waals surface area contributed by atoms with Crippen LogP contribution in [0.5, 0.6) is 0 Å². The Hall–Kier alpha value is -1.07. The van der Waals surface area contributed by atoms with Gasteiger partial charge in [-0.15, -0.1) is 0 Å².